The third kappa shape index (κ3) is 2.30. The number of aryl methyl sites for hydroxylation is 2. The monoisotopic (exact) mass is 345 g/mol. The largest absolute Gasteiger partial charge is 0.450 e. The van der Waals surface area contributed by atoms with Crippen LogP contribution in [0.25, 0.3) is 11.0 Å². The summed E-state index contributed by atoms with van der Waals surface area (Å²) in [7, 11) is 0. The number of fused-ring (bicyclic) bond motifs is 2. The fourth-order valence-corrected chi connectivity index (χ4v) is 3.78. The molecule has 0 saturated carbocycles. The van der Waals surface area contributed by atoms with E-state index in [1.165, 1.54) is 0 Å². The van der Waals surface area contributed by atoms with Gasteiger partial charge in [-0.15, -0.1) is 6.58 Å². The number of amides is 1. The topological polar surface area (TPSA) is 50.5 Å². The van der Waals surface area contributed by atoms with E-state index in [0.717, 1.165) is 16.7 Å². The van der Waals surface area contributed by atoms with Crippen molar-refractivity contribution in [1.82, 2.24) is 4.90 Å². The van der Waals surface area contributed by atoms with E-state index in [4.69, 9.17) is 4.42 Å². The molecule has 0 bridgehead atoms. The number of carbonyl (C=O) groups is 1. The Morgan fingerprint density at radius 3 is 2.58 bits per heavy atom. The van der Waals surface area contributed by atoms with Crippen LogP contribution in [0, 0.1) is 13.8 Å². The van der Waals surface area contributed by atoms with Crippen molar-refractivity contribution in [2.24, 2.45) is 0 Å². The smallest absolute Gasteiger partial charge is 0.291 e. The zero-order valence-electron chi connectivity index (χ0n) is 14.8. The SMILES string of the molecule is C=CCN1C(=O)c2oc3c(C)cc(C)cc3c(=O)c2C1c1ccccc1. The molecule has 1 aromatic heterocycles. The molecule has 2 aromatic carbocycles. The van der Waals surface area contributed by atoms with E-state index in [1.807, 2.05) is 56.3 Å². The van der Waals surface area contributed by atoms with E-state index in [2.05, 4.69) is 6.58 Å². The van der Waals surface area contributed by atoms with Crippen molar-refractivity contribution >= 4 is 16.9 Å². The first-order valence-electron chi connectivity index (χ1n) is 8.57. The molecule has 26 heavy (non-hydrogen) atoms. The molecule has 0 aliphatic carbocycles. The number of nitrogens with zero attached hydrogens (tertiary/aromatic N) is 1. The summed E-state index contributed by atoms with van der Waals surface area (Å²) in [5.41, 5.74) is 3.50. The normalized spacial score (nSPS) is 16.2. The van der Waals surface area contributed by atoms with E-state index in [0.29, 0.717) is 23.1 Å². The molecule has 4 heteroatoms. The minimum absolute atomic E-state index is 0.137. The molecule has 0 radical (unpaired) electrons. The Labute approximate surface area is 151 Å². The molecular formula is C22H19NO3. The van der Waals surface area contributed by atoms with Crippen molar-refractivity contribution in [3.05, 3.63) is 93.4 Å². The standard InChI is InChI=1S/C22H19NO3/c1-4-10-23-18(15-8-6-5-7-9-15)17-19(24)16-12-13(2)11-14(3)20(16)26-21(17)22(23)25/h4-9,11-12,18H,1,10H2,2-3H3. The second kappa shape index (κ2) is 5.99. The second-order valence-corrected chi connectivity index (χ2v) is 6.69. The lowest BCUT2D eigenvalue weighted by Crippen LogP contribution is -2.29. The molecule has 4 nitrogen and oxygen atoms in total. The van der Waals surface area contributed by atoms with Gasteiger partial charge < -0.3 is 9.32 Å². The van der Waals surface area contributed by atoms with Crippen LogP contribution in [0.2, 0.25) is 0 Å². The van der Waals surface area contributed by atoms with Gasteiger partial charge in [0, 0.05) is 6.54 Å². The molecule has 0 saturated heterocycles. The summed E-state index contributed by atoms with van der Waals surface area (Å²) in [5, 5.41) is 0.524. The first kappa shape index (κ1) is 16.3. The second-order valence-electron chi connectivity index (χ2n) is 6.69. The predicted molar refractivity (Wildman–Crippen MR) is 101 cm³/mol. The average Bonchev–Trinajstić information content (AvgIpc) is 2.90. The summed E-state index contributed by atoms with van der Waals surface area (Å²) in [4.78, 5) is 28.0. The molecule has 1 atom stereocenters. The summed E-state index contributed by atoms with van der Waals surface area (Å²) in [5.74, 6) is -0.127. The van der Waals surface area contributed by atoms with Gasteiger partial charge in [-0.2, -0.15) is 0 Å². The molecule has 1 amide bonds. The summed E-state index contributed by atoms with van der Waals surface area (Å²) in [6, 6.07) is 12.9. The first-order valence-corrected chi connectivity index (χ1v) is 8.57. The Bertz CT molecular complexity index is 1100. The van der Waals surface area contributed by atoms with Crippen LogP contribution < -0.4 is 5.43 Å². The minimum atomic E-state index is -0.460. The van der Waals surface area contributed by atoms with E-state index in [1.54, 1.807) is 11.0 Å². The molecular weight excluding hydrogens is 326 g/mol. The van der Waals surface area contributed by atoms with Gasteiger partial charge >= 0.3 is 0 Å². The average molecular weight is 345 g/mol. The van der Waals surface area contributed by atoms with Gasteiger partial charge in [0.25, 0.3) is 5.91 Å². The molecule has 1 aliphatic rings. The third-order valence-electron chi connectivity index (χ3n) is 4.84. The van der Waals surface area contributed by atoms with Crippen molar-refractivity contribution in [2.75, 3.05) is 6.54 Å². The van der Waals surface area contributed by atoms with Crippen molar-refractivity contribution in [3.8, 4) is 0 Å². The molecule has 0 spiro atoms. The number of hydrogen-bond donors (Lipinski definition) is 0. The zero-order valence-corrected chi connectivity index (χ0v) is 14.8. The van der Waals surface area contributed by atoms with Gasteiger partial charge in [0.1, 0.15) is 5.58 Å². The quantitative estimate of drug-likeness (QED) is 0.670. The van der Waals surface area contributed by atoms with Crippen molar-refractivity contribution in [3.63, 3.8) is 0 Å². The zero-order chi connectivity index (χ0) is 18.4. The van der Waals surface area contributed by atoms with Crippen molar-refractivity contribution in [1.29, 1.82) is 0 Å². The lowest BCUT2D eigenvalue weighted by molar-refractivity contribution is 0.0748. The molecule has 3 aromatic rings. The summed E-state index contributed by atoms with van der Waals surface area (Å²) in [6.07, 6.45) is 1.67. The Balaban J connectivity index is 2.07. The van der Waals surface area contributed by atoms with Crippen LogP contribution >= 0.6 is 0 Å². The molecule has 4 rings (SSSR count). The van der Waals surface area contributed by atoms with Crippen LogP contribution in [0.1, 0.15) is 38.9 Å². The molecule has 1 aliphatic heterocycles. The highest BCUT2D eigenvalue weighted by Gasteiger charge is 2.42. The third-order valence-corrected chi connectivity index (χ3v) is 4.84. The Morgan fingerprint density at radius 2 is 1.88 bits per heavy atom. The maximum Gasteiger partial charge on any atom is 0.291 e. The Kier molecular flexibility index (Phi) is 3.76. The van der Waals surface area contributed by atoms with E-state index < -0.39 is 6.04 Å². The molecule has 1 unspecified atom stereocenters. The van der Waals surface area contributed by atoms with Gasteiger partial charge in [-0.3, -0.25) is 9.59 Å². The van der Waals surface area contributed by atoms with E-state index >= 15 is 0 Å². The van der Waals surface area contributed by atoms with Crippen molar-refractivity contribution < 1.29 is 9.21 Å². The fraction of sp³-hybridized carbons (Fsp3) is 0.182. The highest BCUT2D eigenvalue weighted by Crippen LogP contribution is 2.38. The highest BCUT2D eigenvalue weighted by atomic mass is 16.3. The lowest BCUT2D eigenvalue weighted by Gasteiger charge is -2.23. The van der Waals surface area contributed by atoms with Crippen LogP contribution in [0.5, 0.6) is 0 Å². The number of carbonyl (C=O) groups excluding carboxylic acids is 1. The molecule has 130 valence electrons. The van der Waals surface area contributed by atoms with Crippen LogP contribution in [-0.4, -0.2) is 17.4 Å². The number of benzene rings is 2. The van der Waals surface area contributed by atoms with Gasteiger partial charge in [-0.05, 0) is 36.6 Å². The molecule has 0 fully saturated rings. The lowest BCUT2D eigenvalue weighted by atomic mass is 9.97. The maximum atomic E-state index is 13.3. The number of hydrogen-bond acceptors (Lipinski definition) is 3. The minimum Gasteiger partial charge on any atom is -0.450 e. The Hall–Kier alpha value is -3.14. The number of rotatable bonds is 3. The van der Waals surface area contributed by atoms with Gasteiger partial charge in [-0.1, -0.05) is 42.5 Å². The van der Waals surface area contributed by atoms with E-state index in [-0.39, 0.29) is 17.1 Å². The summed E-state index contributed by atoms with van der Waals surface area (Å²) in [6.45, 7) is 7.93. The van der Waals surface area contributed by atoms with Crippen LogP contribution in [-0.2, 0) is 0 Å². The van der Waals surface area contributed by atoms with Crippen LogP contribution in [0.3, 0.4) is 0 Å². The predicted octanol–water partition coefficient (Wildman–Crippen LogP) is 4.14. The van der Waals surface area contributed by atoms with Crippen molar-refractivity contribution in [2.45, 2.75) is 19.9 Å². The van der Waals surface area contributed by atoms with Gasteiger partial charge in [0.15, 0.2) is 5.43 Å². The highest BCUT2D eigenvalue weighted by molar-refractivity contribution is 5.99. The fourth-order valence-electron chi connectivity index (χ4n) is 3.78. The van der Waals surface area contributed by atoms with E-state index in [9.17, 15) is 9.59 Å². The summed E-state index contributed by atoms with van der Waals surface area (Å²) < 4.78 is 5.99. The molecule has 2 heterocycles. The molecule has 0 N–H and O–H groups in total. The van der Waals surface area contributed by atoms with Gasteiger partial charge in [0.05, 0.1) is 17.0 Å². The Morgan fingerprint density at radius 1 is 1.15 bits per heavy atom. The van der Waals surface area contributed by atoms with Crippen LogP contribution in [0.15, 0.2) is 64.3 Å². The first-order chi connectivity index (χ1) is 12.5. The van der Waals surface area contributed by atoms with Gasteiger partial charge in [-0.25, -0.2) is 0 Å². The summed E-state index contributed by atoms with van der Waals surface area (Å²) >= 11 is 0. The van der Waals surface area contributed by atoms with Crippen LogP contribution in [0.4, 0.5) is 0 Å². The maximum absolute atomic E-state index is 13.3. The van der Waals surface area contributed by atoms with Gasteiger partial charge in [0.2, 0.25) is 5.76 Å².